The molecule has 4 rings (SSSR count). The van der Waals surface area contributed by atoms with Crippen molar-refractivity contribution in [1.82, 2.24) is 4.98 Å². The van der Waals surface area contributed by atoms with Gasteiger partial charge in [-0.2, -0.15) is 0 Å². The maximum atomic E-state index is 12.1. The molecule has 0 atom stereocenters. The zero-order valence-corrected chi connectivity index (χ0v) is 15.3. The van der Waals surface area contributed by atoms with Crippen molar-refractivity contribution in [3.8, 4) is 28.5 Å². The molecule has 1 aliphatic heterocycles. The van der Waals surface area contributed by atoms with E-state index in [1.165, 1.54) is 23.5 Å². The first kappa shape index (κ1) is 17.8. The van der Waals surface area contributed by atoms with Gasteiger partial charge in [-0.1, -0.05) is 0 Å². The van der Waals surface area contributed by atoms with E-state index in [0.29, 0.717) is 27.9 Å². The van der Waals surface area contributed by atoms with Gasteiger partial charge in [-0.15, -0.1) is 11.3 Å². The second-order valence-electron chi connectivity index (χ2n) is 5.83. The molecule has 8 nitrogen and oxygen atoms in total. The summed E-state index contributed by atoms with van der Waals surface area (Å²) in [7, 11) is 0. The summed E-state index contributed by atoms with van der Waals surface area (Å²) in [6.07, 6.45) is 0. The van der Waals surface area contributed by atoms with Gasteiger partial charge in [0.15, 0.2) is 23.2 Å². The topological polar surface area (TPSA) is 113 Å². The summed E-state index contributed by atoms with van der Waals surface area (Å²) in [5.74, 6) is 0.970. The van der Waals surface area contributed by atoms with Crippen LogP contribution in [-0.4, -0.2) is 30.2 Å². The fourth-order valence-electron chi connectivity index (χ4n) is 2.54. The van der Waals surface area contributed by atoms with E-state index < -0.39 is 5.91 Å². The Bertz CT molecular complexity index is 1030. The number of carbonyl (C=O) groups excluding carboxylic acids is 2. The number of amides is 2. The molecule has 28 heavy (non-hydrogen) atoms. The first-order valence-electron chi connectivity index (χ1n) is 8.26. The van der Waals surface area contributed by atoms with Crippen LogP contribution in [0.4, 0.5) is 5.13 Å². The van der Waals surface area contributed by atoms with E-state index in [4.69, 9.17) is 19.9 Å². The van der Waals surface area contributed by atoms with Gasteiger partial charge < -0.3 is 19.9 Å². The summed E-state index contributed by atoms with van der Waals surface area (Å²) in [4.78, 5) is 27.5. The number of rotatable bonds is 6. The highest BCUT2D eigenvalue weighted by Crippen LogP contribution is 2.36. The van der Waals surface area contributed by atoms with Crippen LogP contribution in [0.25, 0.3) is 11.3 Å². The number of nitrogens with zero attached hydrogens (tertiary/aromatic N) is 1. The van der Waals surface area contributed by atoms with Gasteiger partial charge in [0.2, 0.25) is 12.7 Å². The van der Waals surface area contributed by atoms with Gasteiger partial charge in [-0.05, 0) is 42.5 Å². The van der Waals surface area contributed by atoms with E-state index in [2.05, 4.69) is 10.3 Å². The Hall–Kier alpha value is -3.59. The third kappa shape index (κ3) is 3.89. The molecule has 2 aromatic carbocycles. The lowest BCUT2D eigenvalue weighted by Crippen LogP contribution is -2.20. The van der Waals surface area contributed by atoms with Crippen LogP contribution < -0.4 is 25.3 Å². The van der Waals surface area contributed by atoms with Crippen LogP contribution >= 0.6 is 11.3 Å². The molecular weight excluding hydrogens is 382 g/mol. The molecule has 0 saturated heterocycles. The van der Waals surface area contributed by atoms with Crippen molar-refractivity contribution in [3.05, 3.63) is 53.4 Å². The minimum atomic E-state index is -0.522. The number of hydrogen-bond donors (Lipinski definition) is 2. The van der Waals surface area contributed by atoms with Crippen molar-refractivity contribution in [2.24, 2.45) is 5.73 Å². The van der Waals surface area contributed by atoms with Crippen molar-refractivity contribution < 1.29 is 23.8 Å². The van der Waals surface area contributed by atoms with Gasteiger partial charge in [0.25, 0.3) is 5.91 Å². The van der Waals surface area contributed by atoms with E-state index in [9.17, 15) is 9.59 Å². The molecule has 1 aromatic heterocycles. The Labute approximate surface area is 163 Å². The van der Waals surface area contributed by atoms with E-state index in [-0.39, 0.29) is 19.3 Å². The Morgan fingerprint density at radius 1 is 1.14 bits per heavy atom. The smallest absolute Gasteiger partial charge is 0.264 e. The third-order valence-corrected chi connectivity index (χ3v) is 4.69. The normalized spacial score (nSPS) is 11.9. The van der Waals surface area contributed by atoms with Gasteiger partial charge in [-0.25, -0.2) is 4.98 Å². The predicted molar refractivity (Wildman–Crippen MR) is 103 cm³/mol. The fourth-order valence-corrected chi connectivity index (χ4v) is 3.28. The van der Waals surface area contributed by atoms with E-state index >= 15 is 0 Å². The maximum absolute atomic E-state index is 12.1. The number of nitrogens with one attached hydrogen (secondary N) is 1. The number of carbonyl (C=O) groups is 2. The number of aromatic nitrogens is 1. The molecule has 0 spiro atoms. The molecule has 9 heteroatoms. The molecule has 3 aromatic rings. The number of thiazole rings is 1. The minimum Gasteiger partial charge on any atom is -0.484 e. The Kier molecular flexibility index (Phi) is 4.81. The molecular formula is C19H15N3O5S. The summed E-state index contributed by atoms with van der Waals surface area (Å²) < 4.78 is 16.1. The summed E-state index contributed by atoms with van der Waals surface area (Å²) >= 11 is 1.31. The first-order valence-corrected chi connectivity index (χ1v) is 9.14. The highest BCUT2D eigenvalue weighted by molar-refractivity contribution is 7.14. The van der Waals surface area contributed by atoms with Crippen LogP contribution in [0.1, 0.15) is 10.4 Å². The first-order chi connectivity index (χ1) is 13.6. The van der Waals surface area contributed by atoms with Crippen LogP contribution in [-0.2, 0) is 4.79 Å². The summed E-state index contributed by atoms with van der Waals surface area (Å²) in [5, 5.41) is 5.00. The quantitative estimate of drug-likeness (QED) is 0.661. The van der Waals surface area contributed by atoms with Crippen LogP contribution in [0.3, 0.4) is 0 Å². The second kappa shape index (κ2) is 7.57. The molecule has 0 fully saturated rings. The predicted octanol–water partition coefficient (Wildman–Crippen LogP) is 2.66. The van der Waals surface area contributed by atoms with Crippen molar-refractivity contribution in [2.45, 2.75) is 0 Å². The Morgan fingerprint density at radius 3 is 2.71 bits per heavy atom. The number of fused-ring (bicyclic) bond motifs is 1. The SMILES string of the molecule is NC(=O)c1ccc(OCC(=O)Nc2nc(-c3ccc4c(c3)OCO4)cs2)cc1. The summed E-state index contributed by atoms with van der Waals surface area (Å²) in [5.41, 5.74) is 7.14. The lowest BCUT2D eigenvalue weighted by Gasteiger charge is -2.06. The number of nitrogens with two attached hydrogens (primary N) is 1. The third-order valence-electron chi connectivity index (χ3n) is 3.93. The summed E-state index contributed by atoms with van der Waals surface area (Å²) in [6, 6.07) is 11.8. The Balaban J connectivity index is 1.34. The van der Waals surface area contributed by atoms with E-state index in [0.717, 1.165) is 11.3 Å². The number of hydrogen-bond acceptors (Lipinski definition) is 7. The van der Waals surface area contributed by atoms with Crippen LogP contribution in [0.5, 0.6) is 17.2 Å². The standard InChI is InChI=1S/C19H15N3O5S/c20-18(24)11-1-4-13(5-2-11)25-8-17(23)22-19-21-14(9-28-19)12-3-6-15-16(7-12)27-10-26-15/h1-7,9H,8,10H2,(H2,20,24)(H,21,22,23). The monoisotopic (exact) mass is 397 g/mol. The molecule has 0 bridgehead atoms. The molecule has 0 unspecified atom stereocenters. The Morgan fingerprint density at radius 2 is 1.93 bits per heavy atom. The molecule has 1 aliphatic rings. The van der Waals surface area contributed by atoms with Crippen molar-refractivity contribution >= 4 is 28.3 Å². The van der Waals surface area contributed by atoms with Gasteiger partial charge in [0, 0.05) is 16.5 Å². The highest BCUT2D eigenvalue weighted by atomic mass is 32.1. The van der Waals surface area contributed by atoms with Crippen molar-refractivity contribution in [1.29, 1.82) is 0 Å². The molecule has 142 valence electrons. The second-order valence-corrected chi connectivity index (χ2v) is 6.69. The average Bonchev–Trinajstić information content (AvgIpc) is 3.35. The minimum absolute atomic E-state index is 0.186. The van der Waals surface area contributed by atoms with Crippen LogP contribution in [0.15, 0.2) is 47.8 Å². The van der Waals surface area contributed by atoms with Crippen molar-refractivity contribution in [3.63, 3.8) is 0 Å². The summed E-state index contributed by atoms with van der Waals surface area (Å²) in [6.45, 7) is 0.0251. The number of primary amides is 1. The van der Waals surface area contributed by atoms with Crippen LogP contribution in [0, 0.1) is 0 Å². The number of benzene rings is 2. The van der Waals surface area contributed by atoms with Crippen molar-refractivity contribution in [2.75, 3.05) is 18.7 Å². The number of anilines is 1. The molecule has 3 N–H and O–H groups in total. The fraction of sp³-hybridized carbons (Fsp3) is 0.105. The molecule has 0 saturated carbocycles. The molecule has 0 radical (unpaired) electrons. The van der Waals surface area contributed by atoms with Gasteiger partial charge in [0.1, 0.15) is 5.75 Å². The molecule has 2 amide bonds. The van der Waals surface area contributed by atoms with Gasteiger partial charge >= 0.3 is 0 Å². The molecule has 2 heterocycles. The van der Waals surface area contributed by atoms with E-state index in [1.807, 2.05) is 23.6 Å². The number of ether oxygens (including phenoxy) is 3. The lowest BCUT2D eigenvalue weighted by molar-refractivity contribution is -0.118. The zero-order valence-electron chi connectivity index (χ0n) is 14.5. The van der Waals surface area contributed by atoms with E-state index in [1.54, 1.807) is 12.1 Å². The van der Waals surface area contributed by atoms with Gasteiger partial charge in [0.05, 0.1) is 5.69 Å². The molecule has 0 aliphatic carbocycles. The maximum Gasteiger partial charge on any atom is 0.264 e. The average molecular weight is 397 g/mol. The van der Waals surface area contributed by atoms with Gasteiger partial charge in [-0.3, -0.25) is 14.9 Å². The zero-order chi connectivity index (χ0) is 19.5. The lowest BCUT2D eigenvalue weighted by atomic mass is 10.1. The largest absolute Gasteiger partial charge is 0.484 e. The van der Waals surface area contributed by atoms with Crippen LogP contribution in [0.2, 0.25) is 0 Å². The highest BCUT2D eigenvalue weighted by Gasteiger charge is 2.15.